The fourth-order valence-electron chi connectivity index (χ4n) is 6.64. The lowest BCUT2D eigenvalue weighted by molar-refractivity contribution is 0.0988. The summed E-state index contributed by atoms with van der Waals surface area (Å²) in [7, 11) is -14.1. The Morgan fingerprint density at radius 2 is 0.873 bits per heavy atom. The largest absolute Gasteiger partial charge is 0.507 e. The number of Topliss-reactive ketones (excluding diaryl/α,β-unsaturated/α-hetero) is 1. The summed E-state index contributed by atoms with van der Waals surface area (Å²) in [5, 5.41) is 46.0. The van der Waals surface area contributed by atoms with Gasteiger partial charge < -0.3 is 20.4 Å². The lowest BCUT2D eigenvalue weighted by Crippen LogP contribution is -2.14. The number of ketones is 1. The highest BCUT2D eigenvalue weighted by Gasteiger charge is 2.25. The van der Waals surface area contributed by atoms with E-state index in [9.17, 15) is 59.6 Å². The minimum atomic E-state index is -4.87. The van der Waals surface area contributed by atoms with Gasteiger partial charge in [-0.15, -0.1) is 0 Å². The van der Waals surface area contributed by atoms with Crippen LogP contribution in [0.5, 0.6) is 23.0 Å². The van der Waals surface area contributed by atoms with E-state index in [1.54, 1.807) is 26.0 Å². The maximum Gasteiger partial charge on any atom is 0.294 e. The third-order valence-electron chi connectivity index (χ3n) is 9.34. The molecule has 1 aliphatic rings. The summed E-state index contributed by atoms with van der Waals surface area (Å²) in [5.74, 6) is -1.93. The zero-order valence-corrected chi connectivity index (χ0v) is 31.7. The second kappa shape index (κ2) is 14.3. The third kappa shape index (κ3) is 8.16. The number of aryl methyl sites for hydroxylation is 1. The van der Waals surface area contributed by atoms with Crippen LogP contribution in [0.3, 0.4) is 0 Å². The van der Waals surface area contributed by atoms with Gasteiger partial charge in [0.2, 0.25) is 0 Å². The Labute approximate surface area is 316 Å². The molecule has 0 fully saturated rings. The quantitative estimate of drug-likeness (QED) is 0.0608. The van der Waals surface area contributed by atoms with Crippen LogP contribution >= 0.6 is 0 Å². The molecule has 5 aromatic rings. The Kier molecular flexibility index (Phi) is 10.2. The molecule has 55 heavy (non-hydrogen) atoms. The van der Waals surface area contributed by atoms with Crippen LogP contribution in [-0.2, 0) is 55.9 Å². The first-order chi connectivity index (χ1) is 25.6. The van der Waals surface area contributed by atoms with Crippen LogP contribution in [0.25, 0.3) is 0 Å². The fraction of sp³-hybridized carbons (Fsp3) is 0.184. The van der Waals surface area contributed by atoms with Gasteiger partial charge in [0.1, 0.15) is 23.0 Å². The van der Waals surface area contributed by atoms with Gasteiger partial charge in [-0.05, 0) is 66.6 Å². The number of hydrogen-bond donors (Lipinski definition) is 7. The number of hydrogen-bond acceptors (Lipinski definition) is 11. The molecular formula is C38H35NO13S3. The summed E-state index contributed by atoms with van der Waals surface area (Å²) in [4.78, 5) is 10.7. The average molecular weight is 810 g/mol. The molecule has 0 amide bonds. The summed E-state index contributed by atoms with van der Waals surface area (Å²) in [6.07, 6.45) is -1.29. The SMILES string of the molecule is CCC(=O)c1ccc(S(=O)(=O)Nc2cc3c(O)c(c2)Cc2cc(S(=O)(=O)O)cc(c2O)Cc2cc(C)cc(c2O)Cc2cc(S(=O)(=O)O)cc(c2O)C3)cc1. The number of rotatable bonds is 7. The molecule has 0 atom stereocenters. The van der Waals surface area contributed by atoms with Crippen LogP contribution in [0.2, 0.25) is 0 Å². The lowest BCUT2D eigenvalue weighted by atomic mass is 9.90. The lowest BCUT2D eigenvalue weighted by Gasteiger charge is -2.19. The third-order valence-corrected chi connectivity index (χ3v) is 12.4. The molecule has 6 rings (SSSR count). The fourth-order valence-corrected chi connectivity index (χ4v) is 8.85. The maximum atomic E-state index is 13.6. The van der Waals surface area contributed by atoms with Gasteiger partial charge in [-0.1, -0.05) is 36.8 Å². The van der Waals surface area contributed by atoms with E-state index in [0.29, 0.717) is 11.1 Å². The number of aromatic hydroxyl groups is 4. The number of phenolic OH excluding ortho intramolecular Hbond substituents is 4. The highest BCUT2D eigenvalue weighted by atomic mass is 32.2. The maximum absolute atomic E-state index is 13.6. The van der Waals surface area contributed by atoms with E-state index in [-0.39, 0.29) is 85.9 Å². The molecular weight excluding hydrogens is 775 g/mol. The van der Waals surface area contributed by atoms with Crippen molar-refractivity contribution >= 4 is 41.7 Å². The average Bonchev–Trinajstić information content (AvgIpc) is 3.10. The molecule has 0 unspecified atom stereocenters. The first-order valence-corrected chi connectivity index (χ1v) is 21.0. The predicted molar refractivity (Wildman–Crippen MR) is 200 cm³/mol. The number of carbonyl (C=O) groups is 1. The van der Waals surface area contributed by atoms with Gasteiger partial charge in [0.05, 0.1) is 14.7 Å². The van der Waals surface area contributed by atoms with Crippen LogP contribution in [0.4, 0.5) is 5.69 Å². The Morgan fingerprint density at radius 3 is 1.20 bits per heavy atom. The van der Waals surface area contributed by atoms with E-state index >= 15 is 0 Å². The van der Waals surface area contributed by atoms with Crippen molar-refractivity contribution in [1.29, 1.82) is 0 Å². The summed E-state index contributed by atoms with van der Waals surface area (Å²) >= 11 is 0. The molecule has 0 saturated carbocycles. The van der Waals surface area contributed by atoms with Gasteiger partial charge in [0, 0.05) is 76.7 Å². The molecule has 0 heterocycles. The van der Waals surface area contributed by atoms with E-state index in [1.807, 2.05) is 0 Å². The molecule has 17 heteroatoms. The molecule has 7 N–H and O–H groups in total. The van der Waals surface area contributed by atoms with E-state index in [1.165, 1.54) is 36.4 Å². The van der Waals surface area contributed by atoms with E-state index in [4.69, 9.17) is 0 Å². The van der Waals surface area contributed by atoms with E-state index in [0.717, 1.165) is 24.3 Å². The topological polar surface area (TPSA) is 253 Å². The molecule has 0 aliphatic heterocycles. The summed E-state index contributed by atoms with van der Waals surface area (Å²) < 4.78 is 99.4. The molecule has 8 bridgehead atoms. The molecule has 0 spiro atoms. The standard InChI is InChI=1S/C38H35NO13S3/c1-3-34(40)21-4-6-31(7-5-21)53(45,46)39-30-14-24-12-28-18-32(54(47,48)49)16-26(37(28)43)10-22-8-20(2)9-23(35(22)41)11-27-17-33(55(50,51)52)19-29(38(27)44)13-25(15-30)36(24)42/h4-9,14-19,39,41-44H,3,10-13H2,1-2H3,(H,47,48,49)(H,50,51,52). The number of phenols is 4. The summed E-state index contributed by atoms with van der Waals surface area (Å²) in [6.45, 7) is 3.35. The summed E-state index contributed by atoms with van der Waals surface area (Å²) in [6, 6.07) is 14.7. The minimum Gasteiger partial charge on any atom is -0.507 e. The smallest absolute Gasteiger partial charge is 0.294 e. The molecule has 1 aliphatic carbocycles. The van der Waals surface area contributed by atoms with Gasteiger partial charge in [-0.3, -0.25) is 18.6 Å². The van der Waals surface area contributed by atoms with Crippen molar-refractivity contribution in [3.05, 3.63) is 128 Å². The highest BCUT2D eigenvalue weighted by molar-refractivity contribution is 7.92. The van der Waals surface area contributed by atoms with Crippen molar-refractivity contribution in [3.8, 4) is 23.0 Å². The highest BCUT2D eigenvalue weighted by Crippen LogP contribution is 2.40. The van der Waals surface area contributed by atoms with E-state index in [2.05, 4.69) is 4.72 Å². The van der Waals surface area contributed by atoms with Gasteiger partial charge in [-0.2, -0.15) is 16.8 Å². The Bertz CT molecular complexity index is 2610. The van der Waals surface area contributed by atoms with Gasteiger partial charge >= 0.3 is 0 Å². The van der Waals surface area contributed by atoms with Crippen molar-refractivity contribution in [2.45, 2.75) is 60.6 Å². The second-order valence-corrected chi connectivity index (χ2v) is 17.8. The number of fused-ring (bicyclic) bond motifs is 8. The molecule has 0 saturated heterocycles. The Morgan fingerprint density at radius 1 is 0.545 bits per heavy atom. The first-order valence-electron chi connectivity index (χ1n) is 16.6. The van der Waals surface area contributed by atoms with Crippen LogP contribution in [0, 0.1) is 6.92 Å². The zero-order valence-electron chi connectivity index (χ0n) is 29.2. The number of anilines is 1. The van der Waals surface area contributed by atoms with E-state index < -0.39 is 70.1 Å². The molecule has 14 nitrogen and oxygen atoms in total. The predicted octanol–water partition coefficient (Wildman–Crippen LogP) is 5.38. The van der Waals surface area contributed by atoms with Crippen LogP contribution in [0.15, 0.2) is 87.5 Å². The zero-order chi connectivity index (χ0) is 40.2. The molecule has 0 radical (unpaired) electrons. The molecule has 5 aromatic carbocycles. The van der Waals surface area contributed by atoms with Gasteiger partial charge in [0.15, 0.2) is 5.78 Å². The van der Waals surface area contributed by atoms with Crippen molar-refractivity contribution in [2.75, 3.05) is 4.72 Å². The number of carbonyl (C=O) groups excluding carboxylic acids is 1. The van der Waals surface area contributed by atoms with Gasteiger partial charge in [0.25, 0.3) is 30.3 Å². The molecule has 0 aromatic heterocycles. The Hall–Kier alpha value is -5.46. The summed E-state index contributed by atoms with van der Waals surface area (Å²) in [5.41, 5.74) is 0.618. The van der Waals surface area contributed by atoms with Crippen molar-refractivity contribution in [3.63, 3.8) is 0 Å². The first kappa shape index (κ1) is 39.2. The Balaban J connectivity index is 1.60. The van der Waals surface area contributed by atoms with Crippen LogP contribution in [0.1, 0.15) is 73.8 Å². The number of sulfonamides is 1. The van der Waals surface area contributed by atoms with Crippen molar-refractivity contribution < 1.29 is 59.6 Å². The van der Waals surface area contributed by atoms with Gasteiger partial charge in [-0.25, -0.2) is 8.42 Å². The number of nitrogens with one attached hydrogen (secondary N) is 1. The van der Waals surface area contributed by atoms with Crippen molar-refractivity contribution in [2.24, 2.45) is 0 Å². The second-order valence-electron chi connectivity index (χ2n) is 13.3. The normalized spacial score (nSPS) is 13.3. The molecule has 288 valence electrons. The number of benzene rings is 5. The van der Waals surface area contributed by atoms with Crippen LogP contribution in [-0.4, -0.2) is 60.6 Å². The van der Waals surface area contributed by atoms with Crippen molar-refractivity contribution in [1.82, 2.24) is 0 Å². The van der Waals surface area contributed by atoms with Crippen LogP contribution < -0.4 is 4.72 Å². The monoisotopic (exact) mass is 809 g/mol. The minimum absolute atomic E-state index is 0.0517.